The van der Waals surface area contributed by atoms with Crippen LogP contribution in [0.25, 0.3) is 0 Å². The molecule has 0 spiro atoms. The fourth-order valence-corrected chi connectivity index (χ4v) is 3.42. The van der Waals surface area contributed by atoms with Crippen LogP contribution in [-0.4, -0.2) is 23.4 Å². The van der Waals surface area contributed by atoms with Crippen LogP contribution < -0.4 is 5.73 Å². The Labute approximate surface area is 147 Å². The molecule has 1 fully saturated rings. The fraction of sp³-hybridized carbons (Fsp3) is 0.632. The lowest BCUT2D eigenvalue weighted by Crippen LogP contribution is -2.42. The Kier molecular flexibility index (Phi) is 8.64. The van der Waals surface area contributed by atoms with Gasteiger partial charge in [-0.25, -0.2) is 0 Å². The van der Waals surface area contributed by atoms with Crippen molar-refractivity contribution in [2.45, 2.75) is 64.5 Å². The minimum atomic E-state index is 0. The van der Waals surface area contributed by atoms with Crippen molar-refractivity contribution in [2.75, 3.05) is 6.54 Å². The zero-order valence-corrected chi connectivity index (χ0v) is 15.2. The number of carbonyl (C=O) groups is 1. The third-order valence-electron chi connectivity index (χ3n) is 4.85. The largest absolute Gasteiger partial charge is 0.336 e. The van der Waals surface area contributed by atoms with Gasteiger partial charge in [0.2, 0.25) is 5.91 Å². The van der Waals surface area contributed by atoms with Gasteiger partial charge in [-0.15, -0.1) is 12.4 Å². The van der Waals surface area contributed by atoms with Crippen molar-refractivity contribution in [1.29, 1.82) is 0 Å². The normalized spacial score (nSPS) is 22.0. The molecule has 2 rings (SSSR count). The average Bonchev–Trinajstić information content (AvgIpc) is 2.55. The first kappa shape index (κ1) is 20.0. The first-order valence-electron chi connectivity index (χ1n) is 8.74. The molecule has 4 heteroatoms. The smallest absolute Gasteiger partial charge is 0.226 e. The summed E-state index contributed by atoms with van der Waals surface area (Å²) < 4.78 is 0. The van der Waals surface area contributed by atoms with E-state index in [1.807, 2.05) is 18.2 Å². The quantitative estimate of drug-likeness (QED) is 0.839. The second kappa shape index (κ2) is 9.94. The van der Waals surface area contributed by atoms with E-state index in [1.165, 1.54) is 5.56 Å². The molecule has 2 N–H and O–H groups in total. The molecule has 3 unspecified atom stereocenters. The second-order valence-electron chi connectivity index (χ2n) is 6.60. The van der Waals surface area contributed by atoms with Crippen molar-refractivity contribution in [3.8, 4) is 0 Å². The number of nitrogens with zero attached hydrogens (tertiary/aromatic N) is 1. The van der Waals surface area contributed by atoms with Crippen LogP contribution in [-0.2, 0) is 4.79 Å². The van der Waals surface area contributed by atoms with E-state index < -0.39 is 0 Å². The summed E-state index contributed by atoms with van der Waals surface area (Å²) in [6.45, 7) is 5.16. The Morgan fingerprint density at radius 3 is 2.61 bits per heavy atom. The zero-order chi connectivity index (χ0) is 15.9. The molecule has 1 amide bonds. The van der Waals surface area contributed by atoms with E-state index in [0.29, 0.717) is 5.91 Å². The summed E-state index contributed by atoms with van der Waals surface area (Å²) in [7, 11) is 0. The molecule has 1 aromatic rings. The Bertz CT molecular complexity index is 466. The van der Waals surface area contributed by atoms with Crippen LogP contribution in [0.3, 0.4) is 0 Å². The van der Waals surface area contributed by atoms with E-state index in [1.54, 1.807) is 0 Å². The third kappa shape index (κ3) is 5.50. The van der Waals surface area contributed by atoms with Gasteiger partial charge in [0.15, 0.2) is 0 Å². The summed E-state index contributed by atoms with van der Waals surface area (Å²) in [5, 5.41) is 0. The summed E-state index contributed by atoms with van der Waals surface area (Å²) in [5.74, 6) is 0.423. The van der Waals surface area contributed by atoms with E-state index in [2.05, 4.69) is 30.9 Å². The monoisotopic (exact) mass is 338 g/mol. The van der Waals surface area contributed by atoms with Crippen molar-refractivity contribution in [3.05, 3.63) is 35.9 Å². The first-order valence-corrected chi connectivity index (χ1v) is 8.74. The molecule has 3 nitrogen and oxygen atoms in total. The van der Waals surface area contributed by atoms with Crippen molar-refractivity contribution in [1.82, 2.24) is 4.90 Å². The minimum absolute atomic E-state index is 0. The number of hydrogen-bond donors (Lipinski definition) is 1. The van der Waals surface area contributed by atoms with Crippen LogP contribution in [0.4, 0.5) is 0 Å². The van der Waals surface area contributed by atoms with Gasteiger partial charge in [0.1, 0.15) is 0 Å². The van der Waals surface area contributed by atoms with Crippen LogP contribution in [0.5, 0.6) is 0 Å². The SMILES string of the molecule is CCCCN(C(=O)C1CCCC(N)C1)C(C)c1ccccc1.Cl. The molecular formula is C19H31ClN2O. The van der Waals surface area contributed by atoms with Crippen molar-refractivity contribution in [2.24, 2.45) is 11.7 Å². The van der Waals surface area contributed by atoms with Crippen molar-refractivity contribution < 1.29 is 4.79 Å². The molecule has 23 heavy (non-hydrogen) atoms. The van der Waals surface area contributed by atoms with Gasteiger partial charge < -0.3 is 10.6 Å². The molecule has 0 saturated heterocycles. The molecular weight excluding hydrogens is 308 g/mol. The van der Waals surface area contributed by atoms with E-state index in [-0.39, 0.29) is 30.4 Å². The molecule has 1 aliphatic carbocycles. The highest BCUT2D eigenvalue weighted by molar-refractivity contribution is 5.85. The van der Waals surface area contributed by atoms with Gasteiger partial charge in [-0.3, -0.25) is 4.79 Å². The van der Waals surface area contributed by atoms with E-state index in [4.69, 9.17) is 5.73 Å². The number of rotatable bonds is 6. The highest BCUT2D eigenvalue weighted by Crippen LogP contribution is 2.29. The van der Waals surface area contributed by atoms with E-state index >= 15 is 0 Å². The van der Waals surface area contributed by atoms with Crippen LogP contribution >= 0.6 is 12.4 Å². The van der Waals surface area contributed by atoms with Crippen LogP contribution in [0.2, 0.25) is 0 Å². The predicted octanol–water partition coefficient (Wildman–Crippen LogP) is 4.32. The molecule has 0 radical (unpaired) electrons. The summed E-state index contributed by atoms with van der Waals surface area (Å²) in [4.78, 5) is 15.1. The van der Waals surface area contributed by atoms with Gasteiger partial charge in [-0.2, -0.15) is 0 Å². The molecule has 0 aromatic heterocycles. The predicted molar refractivity (Wildman–Crippen MR) is 98.7 cm³/mol. The molecule has 0 bridgehead atoms. The summed E-state index contributed by atoms with van der Waals surface area (Å²) in [6, 6.07) is 10.7. The van der Waals surface area contributed by atoms with Crippen LogP contribution in [0, 0.1) is 5.92 Å². The van der Waals surface area contributed by atoms with Crippen LogP contribution in [0.1, 0.15) is 64.0 Å². The second-order valence-corrected chi connectivity index (χ2v) is 6.60. The summed E-state index contributed by atoms with van der Waals surface area (Å²) in [5.41, 5.74) is 7.29. The first-order chi connectivity index (χ1) is 10.6. The maximum atomic E-state index is 13.0. The van der Waals surface area contributed by atoms with Gasteiger partial charge in [-0.05, 0) is 38.2 Å². The lowest BCUT2D eigenvalue weighted by molar-refractivity contribution is -0.139. The number of benzene rings is 1. The molecule has 3 atom stereocenters. The summed E-state index contributed by atoms with van der Waals surface area (Å²) in [6.07, 6.45) is 6.16. The van der Waals surface area contributed by atoms with E-state index in [0.717, 1.165) is 45.1 Å². The molecule has 130 valence electrons. The van der Waals surface area contributed by atoms with Gasteiger partial charge in [0.25, 0.3) is 0 Å². The van der Waals surface area contributed by atoms with Gasteiger partial charge in [0.05, 0.1) is 6.04 Å². The maximum absolute atomic E-state index is 13.0. The molecule has 1 saturated carbocycles. The molecule has 1 aromatic carbocycles. The number of nitrogens with two attached hydrogens (primary N) is 1. The molecule has 0 heterocycles. The molecule has 1 aliphatic rings. The zero-order valence-electron chi connectivity index (χ0n) is 14.4. The van der Waals surface area contributed by atoms with Crippen LogP contribution in [0.15, 0.2) is 30.3 Å². The van der Waals surface area contributed by atoms with Gasteiger partial charge in [0, 0.05) is 18.5 Å². The highest BCUT2D eigenvalue weighted by atomic mass is 35.5. The Balaban J connectivity index is 0.00000264. The van der Waals surface area contributed by atoms with Crippen molar-refractivity contribution in [3.63, 3.8) is 0 Å². The minimum Gasteiger partial charge on any atom is -0.336 e. The third-order valence-corrected chi connectivity index (χ3v) is 4.85. The summed E-state index contributed by atoms with van der Waals surface area (Å²) >= 11 is 0. The molecule has 0 aliphatic heterocycles. The van der Waals surface area contributed by atoms with Gasteiger partial charge >= 0.3 is 0 Å². The Morgan fingerprint density at radius 2 is 2.00 bits per heavy atom. The number of unbranched alkanes of at least 4 members (excludes halogenated alkanes) is 1. The number of halogens is 1. The lowest BCUT2D eigenvalue weighted by Gasteiger charge is -2.35. The average molecular weight is 339 g/mol. The maximum Gasteiger partial charge on any atom is 0.226 e. The number of carbonyl (C=O) groups excluding carboxylic acids is 1. The fourth-order valence-electron chi connectivity index (χ4n) is 3.42. The Hall–Kier alpha value is -1.06. The van der Waals surface area contributed by atoms with Gasteiger partial charge in [-0.1, -0.05) is 50.1 Å². The number of amides is 1. The Morgan fingerprint density at radius 1 is 1.30 bits per heavy atom. The van der Waals surface area contributed by atoms with E-state index in [9.17, 15) is 4.79 Å². The lowest BCUT2D eigenvalue weighted by atomic mass is 9.85. The van der Waals surface area contributed by atoms with Crippen molar-refractivity contribution >= 4 is 18.3 Å². The standard InChI is InChI=1S/C19H30N2O.ClH/c1-3-4-13-21(15(2)16-9-6-5-7-10-16)19(22)17-11-8-12-18(20)14-17;/h5-7,9-10,15,17-18H,3-4,8,11-14,20H2,1-2H3;1H. The number of hydrogen-bond acceptors (Lipinski definition) is 2. The topological polar surface area (TPSA) is 46.3 Å². The highest BCUT2D eigenvalue weighted by Gasteiger charge is 2.31.